The Morgan fingerprint density at radius 3 is 2.41 bits per heavy atom. The van der Waals surface area contributed by atoms with Crippen LogP contribution in [0.4, 0.5) is 0 Å². The van der Waals surface area contributed by atoms with Gasteiger partial charge in [-0.1, -0.05) is 43.3 Å². The largest absolute Gasteiger partial charge is 0.507 e. The fourth-order valence-electron chi connectivity index (χ4n) is 3.87. The molecule has 0 saturated carbocycles. The lowest BCUT2D eigenvalue weighted by Crippen LogP contribution is -2.44. The SMILES string of the molecule is CCN(CCc1c[nH]c2cccc(O)c12)N(CCCN(C)C)Cc1ccccc1. The van der Waals surface area contributed by atoms with Gasteiger partial charge in [0.2, 0.25) is 0 Å². The number of hydrogen-bond acceptors (Lipinski definition) is 4. The smallest absolute Gasteiger partial charge is 0.125 e. The van der Waals surface area contributed by atoms with Crippen molar-refractivity contribution in [1.82, 2.24) is 19.9 Å². The molecule has 0 amide bonds. The Balaban J connectivity index is 1.71. The van der Waals surface area contributed by atoms with Gasteiger partial charge in [0, 0.05) is 43.3 Å². The predicted molar refractivity (Wildman–Crippen MR) is 121 cm³/mol. The number of H-pyrrole nitrogens is 1. The number of nitrogens with zero attached hydrogens (tertiary/aromatic N) is 3. The molecular weight excluding hydrogens is 360 g/mol. The minimum atomic E-state index is 0.355. The summed E-state index contributed by atoms with van der Waals surface area (Å²) in [7, 11) is 4.26. The van der Waals surface area contributed by atoms with Gasteiger partial charge in [0.25, 0.3) is 0 Å². The molecule has 0 spiro atoms. The summed E-state index contributed by atoms with van der Waals surface area (Å²) in [4.78, 5) is 5.53. The first kappa shape index (κ1) is 21.4. The quantitative estimate of drug-likeness (QED) is 0.481. The van der Waals surface area contributed by atoms with Gasteiger partial charge in [-0.3, -0.25) is 0 Å². The molecule has 5 nitrogen and oxygen atoms in total. The lowest BCUT2D eigenvalue weighted by Gasteiger charge is -2.35. The Kier molecular flexibility index (Phi) is 7.69. The first-order chi connectivity index (χ1) is 14.1. The van der Waals surface area contributed by atoms with Gasteiger partial charge in [-0.05, 0) is 56.7 Å². The van der Waals surface area contributed by atoms with Crippen LogP contribution in [0.5, 0.6) is 5.75 Å². The van der Waals surface area contributed by atoms with Gasteiger partial charge in [0.05, 0.1) is 0 Å². The van der Waals surface area contributed by atoms with Crippen LogP contribution in [0.25, 0.3) is 10.9 Å². The highest BCUT2D eigenvalue weighted by Crippen LogP contribution is 2.28. The van der Waals surface area contributed by atoms with Gasteiger partial charge < -0.3 is 15.0 Å². The van der Waals surface area contributed by atoms with E-state index in [9.17, 15) is 5.11 Å². The van der Waals surface area contributed by atoms with Crippen molar-refractivity contribution in [2.24, 2.45) is 0 Å². The Hall–Kier alpha value is -2.34. The van der Waals surface area contributed by atoms with Crippen LogP contribution in [0.15, 0.2) is 54.7 Å². The summed E-state index contributed by atoms with van der Waals surface area (Å²) in [5.74, 6) is 0.355. The number of hydrazine groups is 1. The number of rotatable bonds is 11. The number of phenols is 1. The van der Waals surface area contributed by atoms with Crippen LogP contribution in [-0.2, 0) is 13.0 Å². The van der Waals surface area contributed by atoms with E-state index < -0.39 is 0 Å². The molecule has 29 heavy (non-hydrogen) atoms. The number of likely N-dealkylation sites (N-methyl/N-ethyl adjacent to an activating group) is 1. The summed E-state index contributed by atoms with van der Waals surface area (Å²) in [5.41, 5.74) is 3.50. The molecule has 3 aromatic rings. The van der Waals surface area contributed by atoms with Crippen molar-refractivity contribution in [3.8, 4) is 5.75 Å². The van der Waals surface area contributed by atoms with E-state index in [1.54, 1.807) is 6.07 Å². The summed E-state index contributed by atoms with van der Waals surface area (Å²) in [6, 6.07) is 16.3. The lowest BCUT2D eigenvalue weighted by atomic mass is 10.1. The van der Waals surface area contributed by atoms with Crippen molar-refractivity contribution >= 4 is 10.9 Å². The summed E-state index contributed by atoms with van der Waals surface area (Å²) in [6.07, 6.45) is 4.06. The van der Waals surface area contributed by atoms with Crippen LogP contribution in [0.2, 0.25) is 0 Å². The summed E-state index contributed by atoms with van der Waals surface area (Å²) in [6.45, 7) is 7.13. The number of hydrogen-bond donors (Lipinski definition) is 2. The molecule has 0 saturated heterocycles. The van der Waals surface area contributed by atoms with Crippen LogP contribution in [0.1, 0.15) is 24.5 Å². The highest BCUT2D eigenvalue weighted by Gasteiger charge is 2.16. The van der Waals surface area contributed by atoms with Gasteiger partial charge in [-0.25, -0.2) is 10.0 Å². The van der Waals surface area contributed by atoms with E-state index in [0.29, 0.717) is 5.75 Å². The van der Waals surface area contributed by atoms with Crippen LogP contribution in [0.3, 0.4) is 0 Å². The Morgan fingerprint density at radius 1 is 0.897 bits per heavy atom. The molecule has 5 heteroatoms. The third-order valence-electron chi connectivity index (χ3n) is 5.40. The zero-order valence-electron chi connectivity index (χ0n) is 17.9. The van der Waals surface area contributed by atoms with Crippen LogP contribution >= 0.6 is 0 Å². The van der Waals surface area contributed by atoms with Gasteiger partial charge in [-0.2, -0.15) is 0 Å². The molecule has 0 bridgehead atoms. The lowest BCUT2D eigenvalue weighted by molar-refractivity contribution is -0.0300. The summed E-state index contributed by atoms with van der Waals surface area (Å²) >= 11 is 0. The normalized spacial score (nSPS) is 11.9. The Bertz CT molecular complexity index is 875. The topological polar surface area (TPSA) is 45.7 Å². The third kappa shape index (κ3) is 5.82. The van der Waals surface area contributed by atoms with Crippen molar-refractivity contribution in [1.29, 1.82) is 0 Å². The molecular formula is C24H34N4O. The molecule has 3 rings (SSSR count). The molecule has 0 radical (unpaired) electrons. The number of benzene rings is 2. The van der Waals surface area contributed by atoms with Crippen molar-refractivity contribution in [3.05, 3.63) is 65.9 Å². The van der Waals surface area contributed by atoms with E-state index in [1.165, 1.54) is 11.1 Å². The minimum absolute atomic E-state index is 0.355. The fraction of sp³-hybridized carbons (Fsp3) is 0.417. The minimum Gasteiger partial charge on any atom is -0.507 e. The number of phenolic OH excluding ortho intramolecular Hbond substituents is 1. The van der Waals surface area contributed by atoms with E-state index in [2.05, 4.69) is 71.3 Å². The number of aromatic hydroxyl groups is 1. The van der Waals surface area contributed by atoms with Gasteiger partial charge in [-0.15, -0.1) is 0 Å². The second-order valence-corrected chi connectivity index (χ2v) is 7.84. The molecule has 0 aliphatic rings. The third-order valence-corrected chi connectivity index (χ3v) is 5.40. The number of aromatic nitrogens is 1. The van der Waals surface area contributed by atoms with E-state index >= 15 is 0 Å². The summed E-state index contributed by atoms with van der Waals surface area (Å²) < 4.78 is 0. The first-order valence-electron chi connectivity index (χ1n) is 10.5. The highest BCUT2D eigenvalue weighted by atomic mass is 16.3. The van der Waals surface area contributed by atoms with Gasteiger partial charge in [0.1, 0.15) is 5.75 Å². The zero-order chi connectivity index (χ0) is 20.6. The van der Waals surface area contributed by atoms with Crippen molar-refractivity contribution in [2.45, 2.75) is 26.3 Å². The van der Waals surface area contributed by atoms with Gasteiger partial charge >= 0.3 is 0 Å². The van der Waals surface area contributed by atoms with E-state index in [0.717, 1.165) is 56.5 Å². The van der Waals surface area contributed by atoms with Crippen molar-refractivity contribution in [2.75, 3.05) is 40.3 Å². The van der Waals surface area contributed by atoms with Crippen molar-refractivity contribution < 1.29 is 5.11 Å². The molecule has 0 aliphatic carbocycles. The molecule has 1 aromatic heterocycles. The Labute approximate surface area is 174 Å². The number of fused-ring (bicyclic) bond motifs is 1. The number of nitrogens with one attached hydrogen (secondary N) is 1. The summed E-state index contributed by atoms with van der Waals surface area (Å²) in [5, 5.41) is 16.2. The van der Waals surface area contributed by atoms with Crippen LogP contribution in [0, 0.1) is 0 Å². The zero-order valence-corrected chi connectivity index (χ0v) is 17.9. The van der Waals surface area contributed by atoms with Gasteiger partial charge in [0.15, 0.2) is 0 Å². The second-order valence-electron chi connectivity index (χ2n) is 7.84. The Morgan fingerprint density at radius 2 is 1.69 bits per heavy atom. The molecule has 1 heterocycles. The van der Waals surface area contributed by atoms with Crippen molar-refractivity contribution in [3.63, 3.8) is 0 Å². The molecule has 0 fully saturated rings. The molecule has 2 N–H and O–H groups in total. The average molecular weight is 395 g/mol. The maximum atomic E-state index is 10.3. The predicted octanol–water partition coefficient (Wildman–Crippen LogP) is 4.11. The van der Waals surface area contributed by atoms with Crippen LogP contribution in [-0.4, -0.2) is 65.3 Å². The first-order valence-corrected chi connectivity index (χ1v) is 10.5. The second kappa shape index (κ2) is 10.4. The van der Waals surface area contributed by atoms with E-state index in [4.69, 9.17) is 0 Å². The molecule has 0 aliphatic heterocycles. The molecule has 156 valence electrons. The highest BCUT2D eigenvalue weighted by molar-refractivity contribution is 5.88. The maximum absolute atomic E-state index is 10.3. The fourth-order valence-corrected chi connectivity index (χ4v) is 3.87. The van der Waals surface area contributed by atoms with Crippen LogP contribution < -0.4 is 0 Å². The molecule has 2 aromatic carbocycles. The maximum Gasteiger partial charge on any atom is 0.125 e. The molecule has 0 atom stereocenters. The van der Waals surface area contributed by atoms with E-state index in [-0.39, 0.29) is 0 Å². The average Bonchev–Trinajstić information content (AvgIpc) is 3.13. The van der Waals surface area contributed by atoms with E-state index in [1.807, 2.05) is 18.3 Å². The number of aromatic amines is 1. The monoisotopic (exact) mass is 394 g/mol. The standard InChI is InChI=1S/C24H34N4O/c1-4-27(17-14-21-18-25-22-12-8-13-23(29)24(21)22)28(16-9-15-26(2)3)19-20-10-6-5-7-11-20/h5-8,10-13,18,25,29H,4,9,14-17,19H2,1-3H3. The molecule has 0 unspecified atom stereocenters.